The van der Waals surface area contributed by atoms with Gasteiger partial charge in [-0.05, 0) is 31.2 Å². The first kappa shape index (κ1) is 17.2. The second-order valence-corrected chi connectivity index (χ2v) is 5.36. The van der Waals surface area contributed by atoms with Gasteiger partial charge in [-0.2, -0.15) is 13.2 Å². The molecule has 0 bridgehead atoms. The first-order valence-corrected chi connectivity index (χ1v) is 7.21. The van der Waals surface area contributed by atoms with Gasteiger partial charge in [-0.15, -0.1) is 0 Å². The smallest absolute Gasteiger partial charge is 0.355 e. The second-order valence-electron chi connectivity index (χ2n) is 5.36. The van der Waals surface area contributed by atoms with Crippen LogP contribution >= 0.6 is 0 Å². The molecule has 7 heteroatoms. The fraction of sp³-hybridized carbons (Fsp3) is 0.375. The molecule has 23 heavy (non-hydrogen) atoms. The van der Waals surface area contributed by atoms with Crippen molar-refractivity contribution < 1.29 is 13.2 Å². The predicted octanol–water partition coefficient (Wildman–Crippen LogP) is 2.94. The minimum absolute atomic E-state index is 0.322. The number of nitrogens with two attached hydrogens (primary N) is 1. The largest absolute Gasteiger partial charge is 0.416 e. The highest BCUT2D eigenvalue weighted by Gasteiger charge is 2.30. The van der Waals surface area contributed by atoms with Gasteiger partial charge >= 0.3 is 6.18 Å². The number of nitrogens with zero attached hydrogens (tertiary/aromatic N) is 3. The Morgan fingerprint density at radius 2 is 1.91 bits per heavy atom. The highest BCUT2D eigenvalue weighted by atomic mass is 19.4. The molecule has 4 nitrogen and oxygen atoms in total. The number of rotatable bonds is 5. The van der Waals surface area contributed by atoms with Gasteiger partial charge in [0.1, 0.15) is 11.6 Å². The van der Waals surface area contributed by atoms with Crippen molar-refractivity contribution in [3.8, 4) is 0 Å². The van der Waals surface area contributed by atoms with Crippen molar-refractivity contribution in [3.05, 3.63) is 53.0 Å². The Bertz CT molecular complexity index is 671. The summed E-state index contributed by atoms with van der Waals surface area (Å²) < 4.78 is 38.3. The van der Waals surface area contributed by atoms with Crippen LogP contribution < -0.4 is 10.6 Å². The Hall–Kier alpha value is -2.15. The normalized spacial score (nSPS) is 11.6. The third-order valence-electron chi connectivity index (χ3n) is 3.34. The molecule has 0 atom stereocenters. The molecule has 0 radical (unpaired) electrons. The molecular formula is C16H19F3N4. The van der Waals surface area contributed by atoms with E-state index in [-0.39, 0.29) is 0 Å². The van der Waals surface area contributed by atoms with E-state index in [0.29, 0.717) is 36.7 Å². The van der Waals surface area contributed by atoms with Gasteiger partial charge in [-0.25, -0.2) is 9.97 Å². The summed E-state index contributed by atoms with van der Waals surface area (Å²) in [6.07, 6.45) is -3.71. The van der Waals surface area contributed by atoms with Gasteiger partial charge < -0.3 is 10.6 Å². The zero-order chi connectivity index (χ0) is 17.0. The fourth-order valence-electron chi connectivity index (χ4n) is 2.28. The maximum absolute atomic E-state index is 12.8. The second kappa shape index (κ2) is 6.95. The van der Waals surface area contributed by atoms with E-state index in [0.717, 1.165) is 17.8 Å². The molecule has 0 amide bonds. The van der Waals surface area contributed by atoms with Gasteiger partial charge in [0, 0.05) is 31.8 Å². The van der Waals surface area contributed by atoms with Crippen LogP contribution in [-0.4, -0.2) is 23.6 Å². The van der Waals surface area contributed by atoms with Crippen LogP contribution in [0.25, 0.3) is 0 Å². The standard InChI is InChI=1S/C16H19F3N4/c1-11-21-14(6-7-20)9-15(22-11)23(2)10-12-4-3-5-13(8-12)16(17,18)19/h3-5,8-9H,6-7,10,20H2,1-2H3. The Morgan fingerprint density at radius 1 is 1.17 bits per heavy atom. The van der Waals surface area contributed by atoms with Crippen LogP contribution in [0, 0.1) is 6.92 Å². The molecule has 0 aliphatic rings. The summed E-state index contributed by atoms with van der Waals surface area (Å²) in [5, 5.41) is 0. The minimum Gasteiger partial charge on any atom is -0.355 e. The molecule has 0 saturated carbocycles. The molecule has 1 aromatic heterocycles. The first-order valence-electron chi connectivity index (χ1n) is 7.21. The number of anilines is 1. The lowest BCUT2D eigenvalue weighted by atomic mass is 10.1. The van der Waals surface area contributed by atoms with E-state index in [4.69, 9.17) is 5.73 Å². The molecule has 0 fully saturated rings. The average molecular weight is 324 g/mol. The molecular weight excluding hydrogens is 305 g/mol. The molecule has 0 aliphatic carbocycles. The van der Waals surface area contributed by atoms with E-state index in [1.165, 1.54) is 6.07 Å². The van der Waals surface area contributed by atoms with Crippen LogP contribution in [0.3, 0.4) is 0 Å². The highest BCUT2D eigenvalue weighted by molar-refractivity contribution is 5.40. The summed E-state index contributed by atoms with van der Waals surface area (Å²) in [6, 6.07) is 7.12. The fourth-order valence-corrected chi connectivity index (χ4v) is 2.28. The first-order chi connectivity index (χ1) is 10.8. The zero-order valence-electron chi connectivity index (χ0n) is 13.1. The molecule has 2 rings (SSSR count). The SMILES string of the molecule is Cc1nc(CCN)cc(N(C)Cc2cccc(C(F)(F)F)c2)n1. The zero-order valence-corrected chi connectivity index (χ0v) is 13.1. The van der Waals surface area contributed by atoms with E-state index >= 15 is 0 Å². The van der Waals surface area contributed by atoms with Crippen molar-refractivity contribution in [1.82, 2.24) is 9.97 Å². The van der Waals surface area contributed by atoms with E-state index in [1.54, 1.807) is 24.9 Å². The van der Waals surface area contributed by atoms with Crippen molar-refractivity contribution in [1.29, 1.82) is 0 Å². The maximum Gasteiger partial charge on any atom is 0.416 e. The van der Waals surface area contributed by atoms with E-state index in [9.17, 15) is 13.2 Å². The Morgan fingerprint density at radius 3 is 2.57 bits per heavy atom. The minimum atomic E-state index is -4.34. The van der Waals surface area contributed by atoms with Crippen LogP contribution in [0.2, 0.25) is 0 Å². The van der Waals surface area contributed by atoms with Gasteiger partial charge in [0.15, 0.2) is 0 Å². The van der Waals surface area contributed by atoms with Crippen LogP contribution in [-0.2, 0) is 19.1 Å². The average Bonchev–Trinajstić information content (AvgIpc) is 2.46. The van der Waals surface area contributed by atoms with Crippen LogP contribution in [0.5, 0.6) is 0 Å². The molecule has 124 valence electrons. The Balaban J connectivity index is 2.20. The molecule has 0 spiro atoms. The lowest BCUT2D eigenvalue weighted by Crippen LogP contribution is -2.19. The van der Waals surface area contributed by atoms with E-state index in [1.807, 2.05) is 6.07 Å². The highest BCUT2D eigenvalue weighted by Crippen LogP contribution is 2.30. The molecule has 0 aliphatic heterocycles. The summed E-state index contributed by atoms with van der Waals surface area (Å²) in [7, 11) is 1.79. The number of benzene rings is 1. The number of alkyl halides is 3. The molecule has 0 saturated heterocycles. The van der Waals surface area contributed by atoms with Crippen molar-refractivity contribution in [3.63, 3.8) is 0 Å². The van der Waals surface area contributed by atoms with Crippen molar-refractivity contribution in [2.24, 2.45) is 5.73 Å². The third kappa shape index (κ3) is 4.66. The lowest BCUT2D eigenvalue weighted by Gasteiger charge is -2.20. The lowest BCUT2D eigenvalue weighted by molar-refractivity contribution is -0.137. The van der Waals surface area contributed by atoms with Gasteiger partial charge in [0.05, 0.1) is 5.56 Å². The van der Waals surface area contributed by atoms with Gasteiger partial charge in [0.25, 0.3) is 0 Å². The van der Waals surface area contributed by atoms with E-state index in [2.05, 4.69) is 9.97 Å². The topological polar surface area (TPSA) is 55.0 Å². The van der Waals surface area contributed by atoms with Crippen molar-refractivity contribution in [2.75, 3.05) is 18.5 Å². The van der Waals surface area contributed by atoms with Crippen molar-refractivity contribution >= 4 is 5.82 Å². The molecule has 1 heterocycles. The molecule has 2 aromatic rings. The number of aryl methyl sites for hydroxylation is 1. The molecule has 0 unspecified atom stereocenters. The van der Waals surface area contributed by atoms with E-state index < -0.39 is 11.7 Å². The summed E-state index contributed by atoms with van der Waals surface area (Å²) in [6.45, 7) is 2.58. The number of halogens is 3. The number of hydrogen-bond acceptors (Lipinski definition) is 4. The van der Waals surface area contributed by atoms with Gasteiger partial charge in [-0.1, -0.05) is 12.1 Å². The summed E-state index contributed by atoms with van der Waals surface area (Å²) in [5.74, 6) is 1.28. The number of hydrogen-bond donors (Lipinski definition) is 1. The molecule has 2 N–H and O–H groups in total. The number of aromatic nitrogens is 2. The Labute approximate surface area is 133 Å². The van der Waals surface area contributed by atoms with Crippen molar-refractivity contribution in [2.45, 2.75) is 26.1 Å². The molecule has 1 aromatic carbocycles. The maximum atomic E-state index is 12.8. The van der Waals surface area contributed by atoms with Crippen LogP contribution in [0.15, 0.2) is 30.3 Å². The third-order valence-corrected chi connectivity index (χ3v) is 3.34. The van der Waals surface area contributed by atoms with Crippen LogP contribution in [0.4, 0.5) is 19.0 Å². The Kier molecular flexibility index (Phi) is 5.20. The van der Waals surface area contributed by atoms with Gasteiger partial charge in [0.2, 0.25) is 0 Å². The summed E-state index contributed by atoms with van der Waals surface area (Å²) >= 11 is 0. The summed E-state index contributed by atoms with van der Waals surface area (Å²) in [4.78, 5) is 10.4. The van der Waals surface area contributed by atoms with Gasteiger partial charge in [-0.3, -0.25) is 0 Å². The van der Waals surface area contributed by atoms with Crippen LogP contribution in [0.1, 0.15) is 22.6 Å². The monoisotopic (exact) mass is 324 g/mol. The quantitative estimate of drug-likeness (QED) is 0.919. The predicted molar refractivity (Wildman–Crippen MR) is 83.1 cm³/mol. The summed E-state index contributed by atoms with van der Waals surface area (Å²) in [5.41, 5.74) is 6.28.